The number of nitrogens with zero attached hydrogens (tertiary/aromatic N) is 2. The van der Waals surface area contributed by atoms with Crippen LogP contribution in [-0.2, 0) is 38.0 Å². The lowest BCUT2D eigenvalue weighted by Gasteiger charge is -2.57. The molecule has 3 aromatic carbocycles. The van der Waals surface area contributed by atoms with Crippen LogP contribution in [0.2, 0.25) is 5.02 Å². The van der Waals surface area contributed by atoms with E-state index in [1.165, 1.54) is 53.3 Å². The fraction of sp³-hybridized carbons (Fsp3) is 0.487. The predicted octanol–water partition coefficient (Wildman–Crippen LogP) is 7.13. The van der Waals surface area contributed by atoms with Crippen molar-refractivity contribution < 1.29 is 18.0 Å². The number of hydrogen-bond acceptors (Lipinski definition) is 4. The van der Waals surface area contributed by atoms with Crippen molar-refractivity contribution in [3.05, 3.63) is 101 Å². The van der Waals surface area contributed by atoms with Gasteiger partial charge < -0.3 is 10.2 Å². The van der Waals surface area contributed by atoms with Crippen molar-refractivity contribution in [1.82, 2.24) is 10.2 Å². The zero-order chi connectivity index (χ0) is 33.9. The van der Waals surface area contributed by atoms with Crippen LogP contribution in [0.5, 0.6) is 0 Å². The highest BCUT2D eigenvalue weighted by molar-refractivity contribution is 7.92. The Labute approximate surface area is 291 Å². The van der Waals surface area contributed by atoms with Crippen LogP contribution in [0.4, 0.5) is 5.69 Å². The molecule has 0 heterocycles. The molecular formula is C39H48ClN3O4S. The van der Waals surface area contributed by atoms with E-state index < -0.39 is 28.5 Å². The summed E-state index contributed by atoms with van der Waals surface area (Å²) in [6.07, 6.45) is 10.9. The fourth-order valence-corrected chi connectivity index (χ4v) is 9.88. The number of sulfonamides is 1. The zero-order valence-corrected chi connectivity index (χ0v) is 29.7. The molecule has 7 nitrogen and oxygen atoms in total. The minimum absolute atomic E-state index is 0.122. The first-order valence-corrected chi connectivity index (χ1v) is 19.7. The van der Waals surface area contributed by atoms with Gasteiger partial charge in [0.2, 0.25) is 21.8 Å². The maximum Gasteiger partial charge on any atom is 0.244 e. The van der Waals surface area contributed by atoms with Crippen molar-refractivity contribution in [2.24, 2.45) is 17.8 Å². The average Bonchev–Trinajstić information content (AvgIpc) is 3.05. The Bertz CT molecular complexity index is 1640. The third-order valence-electron chi connectivity index (χ3n) is 10.9. The third kappa shape index (κ3) is 7.92. The Morgan fingerprint density at radius 1 is 0.875 bits per heavy atom. The Hall–Kier alpha value is -3.36. The predicted molar refractivity (Wildman–Crippen MR) is 192 cm³/mol. The summed E-state index contributed by atoms with van der Waals surface area (Å²) in [5.41, 5.74) is 3.63. The molecule has 7 rings (SSSR count). The maximum absolute atomic E-state index is 14.4. The largest absolute Gasteiger partial charge is 0.354 e. The summed E-state index contributed by atoms with van der Waals surface area (Å²) in [5, 5.41) is 3.59. The number of carbonyl (C=O) groups is 2. The van der Waals surface area contributed by atoms with Gasteiger partial charge in [-0.2, -0.15) is 0 Å². The van der Waals surface area contributed by atoms with Gasteiger partial charge in [-0.25, -0.2) is 8.42 Å². The van der Waals surface area contributed by atoms with Crippen molar-refractivity contribution in [2.45, 2.75) is 82.7 Å². The third-order valence-corrected chi connectivity index (χ3v) is 12.2. The SMILES string of the molecule is CCCCNC(=O)[C@@H](Cc1ccccc1)N(Cc1ccc(Cl)cc1)C(=O)CN(c1ccc(C23CC4CC(CC(C4)C2)C3)cc1)S(C)(=O)=O. The van der Waals surface area contributed by atoms with Crippen LogP contribution in [0.1, 0.15) is 75.0 Å². The second-order valence-corrected chi connectivity index (χ2v) is 16.9. The van der Waals surface area contributed by atoms with Gasteiger partial charge >= 0.3 is 0 Å². The molecule has 0 spiro atoms. The van der Waals surface area contributed by atoms with E-state index in [1.54, 1.807) is 12.1 Å². The van der Waals surface area contributed by atoms with Crippen molar-refractivity contribution in [2.75, 3.05) is 23.7 Å². The summed E-state index contributed by atoms with van der Waals surface area (Å²) in [6, 6.07) is 23.8. The van der Waals surface area contributed by atoms with Gasteiger partial charge in [-0.15, -0.1) is 0 Å². The first-order chi connectivity index (χ1) is 23.0. The van der Waals surface area contributed by atoms with Gasteiger partial charge in [0.25, 0.3) is 0 Å². The molecule has 0 aromatic heterocycles. The molecule has 0 aliphatic heterocycles. The highest BCUT2D eigenvalue weighted by atomic mass is 35.5. The normalized spacial score (nSPS) is 23.4. The standard InChI is InChI=1S/C39H48ClN3O4S/c1-3-4-18-41-38(45)36(22-28-8-6-5-7-9-28)42(26-29-10-14-34(40)15-11-29)37(44)27-43(48(2,46)47)35-16-12-33(13-17-35)39-23-30-19-31(24-39)21-32(20-30)25-39/h5-17,30-32,36H,3-4,18-27H2,1-2H3,(H,41,45)/t30?,31?,32?,36-,39?/m1/s1. The Morgan fingerprint density at radius 2 is 1.48 bits per heavy atom. The van der Waals surface area contributed by atoms with E-state index in [9.17, 15) is 18.0 Å². The maximum atomic E-state index is 14.4. The molecule has 0 unspecified atom stereocenters. The molecule has 1 N–H and O–H groups in total. The van der Waals surface area contributed by atoms with Crippen LogP contribution < -0.4 is 9.62 Å². The van der Waals surface area contributed by atoms with Gasteiger partial charge in [-0.3, -0.25) is 13.9 Å². The summed E-state index contributed by atoms with van der Waals surface area (Å²) >= 11 is 6.17. The number of halogens is 1. The van der Waals surface area contributed by atoms with Crippen LogP contribution in [0, 0.1) is 17.8 Å². The molecule has 256 valence electrons. The van der Waals surface area contributed by atoms with Crippen LogP contribution in [-0.4, -0.2) is 50.5 Å². The zero-order valence-electron chi connectivity index (χ0n) is 28.1. The van der Waals surface area contributed by atoms with Crippen LogP contribution >= 0.6 is 11.6 Å². The number of carbonyl (C=O) groups excluding carboxylic acids is 2. The van der Waals surface area contributed by atoms with Crippen molar-refractivity contribution in [1.29, 1.82) is 0 Å². The molecular weight excluding hydrogens is 642 g/mol. The summed E-state index contributed by atoms with van der Waals surface area (Å²) in [4.78, 5) is 29.8. The van der Waals surface area contributed by atoms with Crippen LogP contribution in [0.15, 0.2) is 78.9 Å². The second kappa shape index (κ2) is 14.6. The highest BCUT2D eigenvalue weighted by Gasteiger charge is 2.51. The molecule has 4 bridgehead atoms. The van der Waals surface area contributed by atoms with Crippen molar-refractivity contribution >= 4 is 39.1 Å². The van der Waals surface area contributed by atoms with Crippen LogP contribution in [0.25, 0.3) is 0 Å². The lowest BCUT2D eigenvalue weighted by atomic mass is 9.48. The molecule has 4 aliphatic carbocycles. The first-order valence-electron chi connectivity index (χ1n) is 17.5. The van der Waals surface area contributed by atoms with Crippen molar-refractivity contribution in [3.63, 3.8) is 0 Å². The number of rotatable bonds is 14. The summed E-state index contributed by atoms with van der Waals surface area (Å²) in [5.74, 6) is 1.69. The van der Waals surface area contributed by atoms with Crippen LogP contribution in [0.3, 0.4) is 0 Å². The number of amides is 2. The van der Waals surface area contributed by atoms with Gasteiger partial charge in [-0.1, -0.05) is 79.5 Å². The molecule has 1 atom stereocenters. The highest BCUT2D eigenvalue weighted by Crippen LogP contribution is 2.60. The molecule has 4 fully saturated rings. The van der Waals surface area contributed by atoms with Gasteiger partial charge in [0.05, 0.1) is 11.9 Å². The van der Waals surface area contributed by atoms with E-state index in [4.69, 9.17) is 11.6 Å². The topological polar surface area (TPSA) is 86.8 Å². The molecule has 3 aromatic rings. The monoisotopic (exact) mass is 689 g/mol. The number of unbranched alkanes of at least 4 members (excludes halogenated alkanes) is 1. The van der Waals surface area contributed by atoms with Gasteiger partial charge in [0.15, 0.2) is 0 Å². The lowest BCUT2D eigenvalue weighted by molar-refractivity contribution is -0.140. The summed E-state index contributed by atoms with van der Waals surface area (Å²) in [7, 11) is -3.84. The van der Waals surface area contributed by atoms with Gasteiger partial charge in [0, 0.05) is 24.5 Å². The number of hydrogen-bond donors (Lipinski definition) is 1. The van der Waals surface area contributed by atoms with E-state index in [0.717, 1.165) is 48.0 Å². The number of anilines is 1. The van der Waals surface area contributed by atoms with E-state index >= 15 is 0 Å². The molecule has 9 heteroatoms. The molecule has 0 radical (unpaired) electrons. The Morgan fingerprint density at radius 3 is 2.04 bits per heavy atom. The molecule has 4 saturated carbocycles. The van der Waals surface area contributed by atoms with E-state index in [1.807, 2.05) is 54.6 Å². The van der Waals surface area contributed by atoms with Gasteiger partial charge in [-0.05, 0) is 109 Å². The smallest absolute Gasteiger partial charge is 0.244 e. The molecule has 2 amide bonds. The van der Waals surface area contributed by atoms with E-state index in [2.05, 4.69) is 24.4 Å². The van der Waals surface area contributed by atoms with E-state index in [0.29, 0.717) is 17.3 Å². The van der Waals surface area contributed by atoms with E-state index in [-0.39, 0.29) is 24.3 Å². The summed E-state index contributed by atoms with van der Waals surface area (Å²) < 4.78 is 27.8. The number of nitrogens with one attached hydrogen (secondary N) is 1. The van der Waals surface area contributed by atoms with Gasteiger partial charge in [0.1, 0.15) is 12.6 Å². The Kier molecular flexibility index (Phi) is 10.5. The summed E-state index contributed by atoms with van der Waals surface area (Å²) in [6.45, 7) is 2.25. The molecule has 48 heavy (non-hydrogen) atoms. The van der Waals surface area contributed by atoms with Crippen molar-refractivity contribution in [3.8, 4) is 0 Å². The lowest BCUT2D eigenvalue weighted by Crippen LogP contribution is -2.53. The Balaban J connectivity index is 1.29. The fourth-order valence-electron chi connectivity index (χ4n) is 8.91. The average molecular weight is 690 g/mol. The first kappa shape index (κ1) is 34.5. The minimum atomic E-state index is -3.84. The quantitative estimate of drug-likeness (QED) is 0.183. The number of benzene rings is 3. The molecule has 4 aliphatic rings. The second-order valence-electron chi connectivity index (χ2n) is 14.5. The minimum Gasteiger partial charge on any atom is -0.354 e. The molecule has 0 saturated heterocycles.